The Hall–Kier alpha value is -2.89. The summed E-state index contributed by atoms with van der Waals surface area (Å²) >= 11 is 0. The molecule has 340 valence electrons. The van der Waals surface area contributed by atoms with Gasteiger partial charge in [-0.3, -0.25) is 14.4 Å². The van der Waals surface area contributed by atoms with Crippen LogP contribution in [-0.4, -0.2) is 37.2 Å². The molecule has 6 nitrogen and oxygen atoms in total. The molecule has 59 heavy (non-hydrogen) atoms. The lowest BCUT2D eigenvalue weighted by molar-refractivity contribution is -0.167. The third-order valence-corrected chi connectivity index (χ3v) is 10.7. The molecule has 0 aromatic rings. The molecule has 0 spiro atoms. The monoisotopic (exact) mass is 825 g/mol. The van der Waals surface area contributed by atoms with Gasteiger partial charge in [0.25, 0.3) is 0 Å². The van der Waals surface area contributed by atoms with Gasteiger partial charge in [0.15, 0.2) is 6.10 Å². The van der Waals surface area contributed by atoms with Gasteiger partial charge in [0.05, 0.1) is 0 Å². The molecular formula is C53H92O6. The normalized spacial score (nSPS) is 12.5. The highest BCUT2D eigenvalue weighted by Crippen LogP contribution is 2.15. The van der Waals surface area contributed by atoms with Crippen molar-refractivity contribution >= 4 is 17.9 Å². The van der Waals surface area contributed by atoms with Gasteiger partial charge in [-0.15, -0.1) is 0 Å². The molecule has 0 amide bonds. The van der Waals surface area contributed by atoms with Crippen molar-refractivity contribution in [3.63, 3.8) is 0 Å². The largest absolute Gasteiger partial charge is 0.462 e. The van der Waals surface area contributed by atoms with E-state index in [2.05, 4.69) is 32.9 Å². The van der Waals surface area contributed by atoms with Gasteiger partial charge in [0.2, 0.25) is 0 Å². The summed E-state index contributed by atoms with van der Waals surface area (Å²) in [5, 5.41) is 0. The first-order chi connectivity index (χ1) is 29.0. The molecule has 0 aromatic heterocycles. The Balaban J connectivity index is 4.44. The lowest BCUT2D eigenvalue weighted by Gasteiger charge is -2.18. The van der Waals surface area contributed by atoms with Gasteiger partial charge >= 0.3 is 17.9 Å². The fraction of sp³-hybridized carbons (Fsp3) is 0.755. The van der Waals surface area contributed by atoms with Gasteiger partial charge in [-0.1, -0.05) is 242 Å². The quantitative estimate of drug-likeness (QED) is 0.0263. The second-order valence-corrected chi connectivity index (χ2v) is 16.5. The smallest absolute Gasteiger partial charge is 0.306 e. The Bertz CT molecular complexity index is 1090. The SMILES string of the molecule is CC\C=C/C=C\C=C/C=C\C=C/CCCCCC(=O)OCC(COC(=O)CCCCCCCCCCCCCC)OC(=O)CCCCCCCCCCCCCCCC. The van der Waals surface area contributed by atoms with E-state index in [1.807, 2.05) is 48.6 Å². The predicted molar refractivity (Wildman–Crippen MR) is 251 cm³/mol. The van der Waals surface area contributed by atoms with Gasteiger partial charge in [-0.25, -0.2) is 0 Å². The summed E-state index contributed by atoms with van der Waals surface area (Å²) in [4.78, 5) is 37.9. The van der Waals surface area contributed by atoms with Crippen molar-refractivity contribution < 1.29 is 28.6 Å². The minimum absolute atomic E-state index is 0.0849. The van der Waals surface area contributed by atoms with Gasteiger partial charge in [0.1, 0.15) is 13.2 Å². The van der Waals surface area contributed by atoms with Gasteiger partial charge < -0.3 is 14.2 Å². The van der Waals surface area contributed by atoms with Crippen molar-refractivity contribution in [2.75, 3.05) is 13.2 Å². The zero-order chi connectivity index (χ0) is 43.0. The Morgan fingerprint density at radius 1 is 0.356 bits per heavy atom. The molecule has 6 heteroatoms. The van der Waals surface area contributed by atoms with E-state index >= 15 is 0 Å². The number of allylic oxidation sites excluding steroid dienone is 10. The molecule has 1 atom stereocenters. The fourth-order valence-corrected chi connectivity index (χ4v) is 6.93. The van der Waals surface area contributed by atoms with E-state index in [0.29, 0.717) is 19.3 Å². The number of rotatable bonds is 44. The molecule has 0 saturated carbocycles. The predicted octanol–water partition coefficient (Wildman–Crippen LogP) is 16.1. The average molecular weight is 825 g/mol. The number of esters is 3. The van der Waals surface area contributed by atoms with Crippen LogP contribution in [0.5, 0.6) is 0 Å². The van der Waals surface area contributed by atoms with Crippen LogP contribution in [0.15, 0.2) is 60.8 Å². The van der Waals surface area contributed by atoms with Crippen LogP contribution in [0.1, 0.15) is 239 Å². The van der Waals surface area contributed by atoms with E-state index in [4.69, 9.17) is 14.2 Å². The minimum Gasteiger partial charge on any atom is -0.462 e. The van der Waals surface area contributed by atoms with Crippen LogP contribution >= 0.6 is 0 Å². The highest BCUT2D eigenvalue weighted by atomic mass is 16.6. The summed E-state index contributed by atoms with van der Waals surface area (Å²) < 4.78 is 16.7. The summed E-state index contributed by atoms with van der Waals surface area (Å²) in [6.07, 6.45) is 57.7. The molecule has 0 N–H and O–H groups in total. The number of hydrogen-bond donors (Lipinski definition) is 0. The van der Waals surface area contributed by atoms with Crippen LogP contribution in [0.2, 0.25) is 0 Å². The second kappa shape index (κ2) is 47.8. The maximum atomic E-state index is 12.8. The third kappa shape index (κ3) is 46.0. The van der Waals surface area contributed by atoms with Crippen LogP contribution in [0.25, 0.3) is 0 Å². The summed E-state index contributed by atoms with van der Waals surface area (Å²) in [5.41, 5.74) is 0. The Labute approximate surface area is 364 Å². The molecule has 0 saturated heterocycles. The van der Waals surface area contributed by atoms with E-state index in [9.17, 15) is 14.4 Å². The maximum Gasteiger partial charge on any atom is 0.306 e. The first kappa shape index (κ1) is 56.1. The van der Waals surface area contributed by atoms with Crippen LogP contribution in [0, 0.1) is 0 Å². The lowest BCUT2D eigenvalue weighted by atomic mass is 10.0. The van der Waals surface area contributed by atoms with Crippen molar-refractivity contribution in [1.29, 1.82) is 0 Å². The van der Waals surface area contributed by atoms with E-state index in [-0.39, 0.29) is 31.1 Å². The zero-order valence-electron chi connectivity index (χ0n) is 38.8. The molecule has 0 aliphatic rings. The summed E-state index contributed by atoms with van der Waals surface area (Å²) in [6.45, 7) is 6.46. The summed E-state index contributed by atoms with van der Waals surface area (Å²) in [5.74, 6) is -0.923. The number of ether oxygens (including phenoxy) is 3. The average Bonchev–Trinajstić information content (AvgIpc) is 3.23. The highest BCUT2D eigenvalue weighted by molar-refractivity contribution is 5.71. The fourth-order valence-electron chi connectivity index (χ4n) is 6.93. The minimum atomic E-state index is -0.786. The number of hydrogen-bond acceptors (Lipinski definition) is 6. The summed E-state index contributed by atoms with van der Waals surface area (Å²) in [7, 11) is 0. The number of carbonyl (C=O) groups is 3. The highest BCUT2D eigenvalue weighted by Gasteiger charge is 2.19. The number of carbonyl (C=O) groups excluding carboxylic acids is 3. The summed E-state index contributed by atoms with van der Waals surface area (Å²) in [6, 6.07) is 0. The van der Waals surface area contributed by atoms with Crippen LogP contribution < -0.4 is 0 Å². The van der Waals surface area contributed by atoms with Crippen molar-refractivity contribution in [3.8, 4) is 0 Å². The van der Waals surface area contributed by atoms with Crippen molar-refractivity contribution in [2.24, 2.45) is 0 Å². The molecule has 0 heterocycles. The third-order valence-electron chi connectivity index (χ3n) is 10.7. The van der Waals surface area contributed by atoms with E-state index in [1.54, 1.807) is 0 Å². The first-order valence-corrected chi connectivity index (χ1v) is 24.9. The van der Waals surface area contributed by atoms with Crippen molar-refractivity contribution in [2.45, 2.75) is 245 Å². The maximum absolute atomic E-state index is 12.8. The molecule has 0 aliphatic carbocycles. The second-order valence-electron chi connectivity index (χ2n) is 16.5. The topological polar surface area (TPSA) is 78.9 Å². The van der Waals surface area contributed by atoms with E-state index in [1.165, 1.54) is 128 Å². The molecule has 0 radical (unpaired) electrons. The Kier molecular flexibility index (Phi) is 45.4. The Morgan fingerprint density at radius 3 is 1.03 bits per heavy atom. The van der Waals surface area contributed by atoms with Crippen LogP contribution in [-0.2, 0) is 28.6 Å². The molecule has 0 rings (SSSR count). The molecular weight excluding hydrogens is 733 g/mol. The molecule has 0 fully saturated rings. The first-order valence-electron chi connectivity index (χ1n) is 24.9. The molecule has 0 aliphatic heterocycles. The molecule has 0 bridgehead atoms. The molecule has 1 unspecified atom stereocenters. The van der Waals surface area contributed by atoms with Crippen molar-refractivity contribution in [1.82, 2.24) is 0 Å². The van der Waals surface area contributed by atoms with E-state index < -0.39 is 6.10 Å². The van der Waals surface area contributed by atoms with E-state index in [0.717, 1.165) is 70.6 Å². The Morgan fingerprint density at radius 2 is 0.661 bits per heavy atom. The van der Waals surface area contributed by atoms with Crippen LogP contribution in [0.4, 0.5) is 0 Å². The van der Waals surface area contributed by atoms with Crippen molar-refractivity contribution in [3.05, 3.63) is 60.8 Å². The molecule has 0 aromatic carbocycles. The standard InChI is InChI=1S/C53H92O6/c1-4-7-10-13-16-19-22-25-27-29-31-34-37-40-43-46-52(55)58-49-50(48-57-51(54)45-42-39-36-33-30-24-21-18-15-12-9-6-3)59-53(56)47-44-41-38-35-32-28-26-23-20-17-14-11-8-5-2/h7,10,13,16,19,22,25,27,29,31,50H,4-6,8-9,11-12,14-15,17-18,20-21,23-24,26,28,30,32-49H2,1-3H3/b10-7-,16-13-,22-19-,27-25-,31-29-. The van der Waals surface area contributed by atoms with Gasteiger partial charge in [-0.05, 0) is 38.5 Å². The van der Waals surface area contributed by atoms with Gasteiger partial charge in [0, 0.05) is 19.3 Å². The van der Waals surface area contributed by atoms with Crippen LogP contribution in [0.3, 0.4) is 0 Å². The lowest BCUT2D eigenvalue weighted by Crippen LogP contribution is -2.30. The zero-order valence-corrected chi connectivity index (χ0v) is 38.8. The van der Waals surface area contributed by atoms with Gasteiger partial charge in [-0.2, -0.15) is 0 Å². The number of unbranched alkanes of at least 4 members (excludes halogenated alkanes) is 27.